The van der Waals surface area contributed by atoms with Crippen LogP contribution in [0.2, 0.25) is 0 Å². The molecule has 0 atom stereocenters. The minimum absolute atomic E-state index is 0.832. The topological polar surface area (TPSA) is 29.0 Å². The van der Waals surface area contributed by atoms with Crippen LogP contribution >= 0.6 is 15.9 Å². The summed E-state index contributed by atoms with van der Waals surface area (Å²) < 4.78 is 0. The molecule has 92 valence electrons. The van der Waals surface area contributed by atoms with E-state index in [-0.39, 0.29) is 0 Å². The van der Waals surface area contributed by atoms with Gasteiger partial charge >= 0.3 is 0 Å². The molecule has 3 nitrogen and oxygen atoms in total. The van der Waals surface area contributed by atoms with E-state index in [4.69, 9.17) is 0 Å². The first-order valence-corrected chi connectivity index (χ1v) is 7.59. The van der Waals surface area contributed by atoms with E-state index in [1.165, 1.54) is 25.7 Å². The Morgan fingerprint density at radius 2 is 1.59 bits per heavy atom. The molecule has 2 aliphatic carbocycles. The van der Waals surface area contributed by atoms with Crippen molar-refractivity contribution in [3.8, 4) is 0 Å². The minimum atomic E-state index is 0.832. The molecule has 0 amide bonds. The van der Waals surface area contributed by atoms with Crippen molar-refractivity contribution >= 4 is 21.9 Å². The maximum absolute atomic E-state index is 4.50. The second kappa shape index (κ2) is 4.92. The highest BCUT2D eigenvalue weighted by Gasteiger charge is 2.30. The van der Waals surface area contributed by atoms with E-state index in [0.29, 0.717) is 0 Å². The predicted molar refractivity (Wildman–Crippen MR) is 72.3 cm³/mol. The van der Waals surface area contributed by atoms with Gasteiger partial charge in [-0.25, -0.2) is 9.97 Å². The summed E-state index contributed by atoms with van der Waals surface area (Å²) >= 11 is 3.43. The van der Waals surface area contributed by atoms with Gasteiger partial charge in [0, 0.05) is 30.8 Å². The van der Waals surface area contributed by atoms with E-state index in [1.54, 1.807) is 0 Å². The first kappa shape index (κ1) is 11.5. The summed E-state index contributed by atoms with van der Waals surface area (Å²) in [5.74, 6) is 2.72. The molecule has 2 aliphatic rings. The zero-order chi connectivity index (χ0) is 11.7. The van der Waals surface area contributed by atoms with Gasteiger partial charge in [0.05, 0.1) is 0 Å². The fraction of sp³-hybridized carbons (Fsp3) is 0.692. The predicted octanol–water partition coefficient (Wildman–Crippen LogP) is 3.00. The fourth-order valence-corrected chi connectivity index (χ4v) is 2.33. The highest BCUT2D eigenvalue weighted by atomic mass is 79.9. The molecule has 0 spiro atoms. The van der Waals surface area contributed by atoms with Gasteiger partial charge in [-0.1, -0.05) is 15.9 Å². The summed E-state index contributed by atoms with van der Waals surface area (Å²) in [7, 11) is 0. The SMILES string of the molecule is BrCc1cnc(N(CC2CC2)CC2CC2)nc1. The average Bonchev–Trinajstić information content (AvgIpc) is 3.23. The maximum Gasteiger partial charge on any atom is 0.225 e. The quantitative estimate of drug-likeness (QED) is 0.756. The Morgan fingerprint density at radius 3 is 2.00 bits per heavy atom. The number of aromatic nitrogens is 2. The highest BCUT2D eigenvalue weighted by molar-refractivity contribution is 9.08. The Bertz CT molecular complexity index is 357. The smallest absolute Gasteiger partial charge is 0.225 e. The van der Waals surface area contributed by atoms with Crippen molar-refractivity contribution in [1.82, 2.24) is 9.97 Å². The number of nitrogens with zero attached hydrogens (tertiary/aromatic N) is 3. The molecule has 0 unspecified atom stereocenters. The summed E-state index contributed by atoms with van der Waals surface area (Å²) in [6.07, 6.45) is 9.43. The molecular formula is C13H18BrN3. The third-order valence-electron chi connectivity index (χ3n) is 3.48. The number of rotatable bonds is 6. The van der Waals surface area contributed by atoms with Crippen LogP contribution < -0.4 is 4.90 Å². The second-order valence-electron chi connectivity index (χ2n) is 5.32. The van der Waals surface area contributed by atoms with Crippen LogP contribution in [0.5, 0.6) is 0 Å². The molecule has 1 aromatic rings. The number of halogens is 1. The van der Waals surface area contributed by atoms with Crippen LogP contribution in [-0.2, 0) is 5.33 Å². The van der Waals surface area contributed by atoms with Gasteiger partial charge in [-0.05, 0) is 43.1 Å². The van der Waals surface area contributed by atoms with Crippen LogP contribution in [0.4, 0.5) is 5.95 Å². The zero-order valence-electron chi connectivity index (χ0n) is 9.98. The van der Waals surface area contributed by atoms with Crippen LogP contribution in [0.1, 0.15) is 31.2 Å². The van der Waals surface area contributed by atoms with Crippen molar-refractivity contribution in [1.29, 1.82) is 0 Å². The van der Waals surface area contributed by atoms with E-state index in [1.807, 2.05) is 12.4 Å². The molecular weight excluding hydrogens is 278 g/mol. The normalized spacial score (nSPS) is 19.4. The summed E-state index contributed by atoms with van der Waals surface area (Å²) in [5.41, 5.74) is 1.14. The number of hydrogen-bond donors (Lipinski definition) is 0. The van der Waals surface area contributed by atoms with Crippen molar-refractivity contribution < 1.29 is 0 Å². The van der Waals surface area contributed by atoms with Crippen LogP contribution in [-0.4, -0.2) is 23.1 Å². The molecule has 2 saturated carbocycles. The summed E-state index contributed by atoms with van der Waals surface area (Å²) in [5, 5.41) is 0.832. The number of anilines is 1. The van der Waals surface area contributed by atoms with Gasteiger partial charge in [-0.3, -0.25) is 0 Å². The van der Waals surface area contributed by atoms with E-state index in [9.17, 15) is 0 Å². The lowest BCUT2D eigenvalue weighted by Crippen LogP contribution is -2.29. The van der Waals surface area contributed by atoms with Crippen molar-refractivity contribution in [2.45, 2.75) is 31.0 Å². The van der Waals surface area contributed by atoms with Gasteiger partial charge in [0.25, 0.3) is 0 Å². The lowest BCUT2D eigenvalue weighted by Gasteiger charge is -2.22. The van der Waals surface area contributed by atoms with Crippen molar-refractivity contribution in [2.24, 2.45) is 11.8 Å². The Morgan fingerprint density at radius 1 is 1.06 bits per heavy atom. The standard InChI is InChI=1S/C13H18BrN3/c14-5-12-6-15-13(16-7-12)17(8-10-1-2-10)9-11-3-4-11/h6-7,10-11H,1-5,8-9H2. The van der Waals surface area contributed by atoms with Crippen molar-refractivity contribution in [3.63, 3.8) is 0 Å². The molecule has 2 fully saturated rings. The summed E-state index contributed by atoms with van der Waals surface area (Å²) in [6.45, 7) is 2.31. The van der Waals surface area contributed by atoms with Crippen LogP contribution in [0, 0.1) is 11.8 Å². The van der Waals surface area contributed by atoms with Gasteiger partial charge in [-0.2, -0.15) is 0 Å². The van der Waals surface area contributed by atoms with Gasteiger partial charge in [-0.15, -0.1) is 0 Å². The Labute approximate surface area is 111 Å². The van der Waals surface area contributed by atoms with Gasteiger partial charge in [0.15, 0.2) is 0 Å². The molecule has 0 N–H and O–H groups in total. The lowest BCUT2D eigenvalue weighted by atomic mass is 10.3. The first-order valence-electron chi connectivity index (χ1n) is 6.47. The molecule has 1 aromatic heterocycles. The molecule has 4 heteroatoms. The van der Waals surface area contributed by atoms with Gasteiger partial charge in [0.2, 0.25) is 5.95 Å². The molecule has 1 heterocycles. The van der Waals surface area contributed by atoms with Crippen LogP contribution in [0.15, 0.2) is 12.4 Å². The molecule has 0 aromatic carbocycles. The van der Waals surface area contributed by atoms with Gasteiger partial charge in [0.1, 0.15) is 0 Å². The number of alkyl halides is 1. The minimum Gasteiger partial charge on any atom is -0.340 e. The molecule has 0 aliphatic heterocycles. The van der Waals surface area contributed by atoms with E-state index >= 15 is 0 Å². The van der Waals surface area contributed by atoms with Crippen LogP contribution in [0.3, 0.4) is 0 Å². The summed E-state index contributed by atoms with van der Waals surface area (Å²) in [6, 6.07) is 0. The third-order valence-corrected chi connectivity index (χ3v) is 4.13. The molecule has 3 rings (SSSR count). The van der Waals surface area contributed by atoms with Gasteiger partial charge < -0.3 is 4.90 Å². The Kier molecular flexibility index (Phi) is 3.32. The Hall–Kier alpha value is -0.640. The monoisotopic (exact) mass is 295 g/mol. The van der Waals surface area contributed by atoms with E-state index in [2.05, 4.69) is 30.8 Å². The number of hydrogen-bond acceptors (Lipinski definition) is 3. The van der Waals surface area contributed by atoms with Crippen molar-refractivity contribution in [2.75, 3.05) is 18.0 Å². The molecule has 0 saturated heterocycles. The average molecular weight is 296 g/mol. The highest BCUT2D eigenvalue weighted by Crippen LogP contribution is 2.34. The van der Waals surface area contributed by atoms with E-state index in [0.717, 1.165) is 41.8 Å². The largest absolute Gasteiger partial charge is 0.340 e. The van der Waals surface area contributed by atoms with E-state index < -0.39 is 0 Å². The third kappa shape index (κ3) is 3.18. The zero-order valence-corrected chi connectivity index (χ0v) is 11.6. The fourth-order valence-electron chi connectivity index (χ4n) is 2.04. The Balaban J connectivity index is 1.69. The van der Waals surface area contributed by atoms with Crippen LogP contribution in [0.25, 0.3) is 0 Å². The molecule has 17 heavy (non-hydrogen) atoms. The molecule has 0 bridgehead atoms. The first-order chi connectivity index (χ1) is 8.35. The lowest BCUT2D eigenvalue weighted by molar-refractivity contribution is 0.661. The van der Waals surface area contributed by atoms with Crippen molar-refractivity contribution in [3.05, 3.63) is 18.0 Å². The maximum atomic E-state index is 4.50. The molecule has 0 radical (unpaired) electrons. The second-order valence-corrected chi connectivity index (χ2v) is 5.88. The summed E-state index contributed by atoms with van der Waals surface area (Å²) in [4.78, 5) is 11.4.